The van der Waals surface area contributed by atoms with Crippen molar-refractivity contribution >= 4 is 44.7 Å². The Bertz CT molecular complexity index is 1630. The molecule has 1 aliphatic rings. The second kappa shape index (κ2) is 11.7. The van der Waals surface area contributed by atoms with Crippen molar-refractivity contribution in [2.24, 2.45) is 5.73 Å². The Labute approximate surface area is 248 Å². The SMILES string of the molecule is COCCOc1cc(F)ccc1-c1c(C(N)=S)nc(-c2ccc3c(c2)CCN(C(=O)OC(C)(C)C)C3)c2ccsc12. The molecule has 2 aromatic heterocycles. The Morgan fingerprint density at radius 2 is 1.95 bits per heavy atom. The minimum atomic E-state index is -0.545. The van der Waals surface area contributed by atoms with Crippen LogP contribution in [0, 0.1) is 5.82 Å². The van der Waals surface area contributed by atoms with Crippen LogP contribution in [0.25, 0.3) is 32.5 Å². The van der Waals surface area contributed by atoms with Crippen LogP contribution in [0.15, 0.2) is 47.8 Å². The number of pyridine rings is 1. The van der Waals surface area contributed by atoms with Crippen molar-refractivity contribution in [3.8, 4) is 28.1 Å². The van der Waals surface area contributed by atoms with Gasteiger partial charge in [-0.25, -0.2) is 14.2 Å². The first-order valence-electron chi connectivity index (χ1n) is 13.3. The number of carbonyl (C=O) groups excluding carboxylic acids is 1. The maximum Gasteiger partial charge on any atom is 0.410 e. The molecule has 7 nitrogen and oxygen atoms in total. The van der Waals surface area contributed by atoms with Crippen LogP contribution in [0.1, 0.15) is 37.6 Å². The second-order valence-electron chi connectivity index (χ2n) is 10.8. The third kappa shape index (κ3) is 6.19. The summed E-state index contributed by atoms with van der Waals surface area (Å²) in [5.74, 6) is -0.0449. The highest BCUT2D eigenvalue weighted by atomic mass is 32.1. The molecule has 0 aliphatic carbocycles. The van der Waals surface area contributed by atoms with Crippen LogP contribution in [0.2, 0.25) is 0 Å². The van der Waals surface area contributed by atoms with E-state index in [0.717, 1.165) is 32.5 Å². The number of fused-ring (bicyclic) bond motifs is 2. The van der Waals surface area contributed by atoms with E-state index in [1.807, 2.05) is 44.4 Å². The number of ether oxygens (including phenoxy) is 3. The van der Waals surface area contributed by atoms with E-state index in [2.05, 4.69) is 6.07 Å². The average molecular weight is 594 g/mol. The zero-order valence-corrected chi connectivity index (χ0v) is 25.1. The Morgan fingerprint density at radius 1 is 1.15 bits per heavy atom. The highest BCUT2D eigenvalue weighted by Gasteiger charge is 2.27. The van der Waals surface area contributed by atoms with Gasteiger partial charge in [-0.05, 0) is 68.0 Å². The molecule has 0 bridgehead atoms. The van der Waals surface area contributed by atoms with Crippen LogP contribution in [0.5, 0.6) is 5.75 Å². The van der Waals surface area contributed by atoms with E-state index in [1.54, 1.807) is 18.1 Å². The molecule has 41 heavy (non-hydrogen) atoms. The molecule has 214 valence electrons. The molecule has 0 radical (unpaired) electrons. The fourth-order valence-corrected chi connectivity index (χ4v) is 6.02. The summed E-state index contributed by atoms with van der Waals surface area (Å²) < 4.78 is 31.7. The van der Waals surface area contributed by atoms with Gasteiger partial charge < -0.3 is 24.8 Å². The number of amides is 1. The Balaban J connectivity index is 1.56. The van der Waals surface area contributed by atoms with Crippen molar-refractivity contribution in [2.75, 3.05) is 26.9 Å². The quantitative estimate of drug-likeness (QED) is 0.188. The maximum absolute atomic E-state index is 14.2. The van der Waals surface area contributed by atoms with Crippen LogP contribution in [-0.2, 0) is 22.4 Å². The zero-order chi connectivity index (χ0) is 29.3. The Morgan fingerprint density at radius 3 is 2.68 bits per heavy atom. The molecule has 4 aromatic rings. The summed E-state index contributed by atoms with van der Waals surface area (Å²) in [5, 5.41) is 2.93. The number of aromatic nitrogens is 1. The predicted octanol–water partition coefficient (Wildman–Crippen LogP) is 6.72. The smallest absolute Gasteiger partial charge is 0.410 e. The van der Waals surface area contributed by atoms with Gasteiger partial charge in [0.15, 0.2) is 0 Å². The fourth-order valence-electron chi connectivity index (χ4n) is 4.91. The van der Waals surface area contributed by atoms with Gasteiger partial charge in [0.05, 0.1) is 12.3 Å². The summed E-state index contributed by atoms with van der Waals surface area (Å²) in [6.45, 7) is 7.27. The first kappa shape index (κ1) is 28.9. The van der Waals surface area contributed by atoms with Gasteiger partial charge in [-0.1, -0.05) is 24.4 Å². The standard InChI is InChI=1S/C31H32FN3O4S2/c1-31(2,3)39-30(36)35-11-9-18-15-19(5-6-20(18)17-35)26-23-10-14-41-28(23)25(27(34-26)29(33)40)22-8-7-21(32)16-24(22)38-13-12-37-4/h5-8,10,14-16H,9,11-13,17H2,1-4H3,(H2,33,40). The fraction of sp³-hybridized carbons (Fsp3) is 0.323. The molecule has 0 atom stereocenters. The highest BCUT2D eigenvalue weighted by Crippen LogP contribution is 2.43. The lowest BCUT2D eigenvalue weighted by atomic mass is 9.94. The maximum atomic E-state index is 14.2. The summed E-state index contributed by atoms with van der Waals surface area (Å²) in [6, 6.07) is 12.6. The lowest BCUT2D eigenvalue weighted by Crippen LogP contribution is -2.39. The van der Waals surface area contributed by atoms with Crippen molar-refractivity contribution < 1.29 is 23.4 Å². The number of nitrogens with two attached hydrogens (primary N) is 1. The molecular formula is C31H32FN3O4S2. The number of thiophene rings is 1. The second-order valence-corrected chi connectivity index (χ2v) is 12.2. The largest absolute Gasteiger partial charge is 0.490 e. The van der Waals surface area contributed by atoms with Crippen molar-refractivity contribution in [1.29, 1.82) is 0 Å². The lowest BCUT2D eigenvalue weighted by molar-refractivity contribution is 0.0224. The molecule has 2 aromatic carbocycles. The van der Waals surface area contributed by atoms with Crippen molar-refractivity contribution in [1.82, 2.24) is 9.88 Å². The molecule has 5 rings (SSSR count). The molecule has 0 saturated carbocycles. The highest BCUT2D eigenvalue weighted by molar-refractivity contribution is 7.80. The third-order valence-corrected chi connectivity index (χ3v) is 7.87. The minimum absolute atomic E-state index is 0.134. The van der Waals surface area contributed by atoms with Gasteiger partial charge in [0.2, 0.25) is 0 Å². The first-order valence-corrected chi connectivity index (χ1v) is 14.6. The van der Waals surface area contributed by atoms with Crippen molar-refractivity contribution in [2.45, 2.75) is 39.3 Å². The number of hydrogen-bond donors (Lipinski definition) is 1. The van der Waals surface area contributed by atoms with Crippen molar-refractivity contribution in [3.63, 3.8) is 0 Å². The monoisotopic (exact) mass is 593 g/mol. The molecule has 2 N–H and O–H groups in total. The summed E-state index contributed by atoms with van der Waals surface area (Å²) in [7, 11) is 1.58. The van der Waals surface area contributed by atoms with Crippen LogP contribution in [-0.4, -0.2) is 53.4 Å². The van der Waals surface area contributed by atoms with Crippen molar-refractivity contribution in [3.05, 3.63) is 70.5 Å². The van der Waals surface area contributed by atoms with Crippen LogP contribution < -0.4 is 10.5 Å². The molecule has 1 amide bonds. The summed E-state index contributed by atoms with van der Waals surface area (Å²) in [6.07, 6.45) is 0.393. The molecule has 10 heteroatoms. The summed E-state index contributed by atoms with van der Waals surface area (Å²) >= 11 is 7.02. The average Bonchev–Trinajstić information content (AvgIpc) is 3.41. The number of halogens is 1. The van der Waals surface area contributed by atoms with E-state index in [-0.39, 0.29) is 17.7 Å². The Hall–Kier alpha value is -3.60. The summed E-state index contributed by atoms with van der Waals surface area (Å²) in [4.78, 5) is 19.5. The molecule has 0 fully saturated rings. The van der Waals surface area contributed by atoms with E-state index in [9.17, 15) is 9.18 Å². The van der Waals surface area contributed by atoms with Gasteiger partial charge >= 0.3 is 6.09 Å². The molecule has 0 unspecified atom stereocenters. The summed E-state index contributed by atoms with van der Waals surface area (Å²) in [5.41, 5.74) is 11.4. The van der Waals surface area contributed by atoms with E-state index in [4.69, 9.17) is 37.1 Å². The number of benzene rings is 2. The van der Waals surface area contributed by atoms with Gasteiger partial charge in [0, 0.05) is 53.0 Å². The van der Waals surface area contributed by atoms with Gasteiger partial charge in [-0.15, -0.1) is 11.3 Å². The topological polar surface area (TPSA) is 86.9 Å². The van der Waals surface area contributed by atoms with E-state index >= 15 is 0 Å². The molecule has 0 saturated heterocycles. The zero-order valence-electron chi connectivity index (χ0n) is 23.5. The normalized spacial score (nSPS) is 13.2. The van der Waals surface area contributed by atoms with Gasteiger partial charge in [-0.2, -0.15) is 0 Å². The minimum Gasteiger partial charge on any atom is -0.490 e. The van der Waals surface area contributed by atoms with Crippen LogP contribution >= 0.6 is 23.6 Å². The lowest BCUT2D eigenvalue weighted by Gasteiger charge is -2.31. The van der Waals surface area contributed by atoms with E-state index in [0.29, 0.717) is 48.7 Å². The number of nitrogens with zero attached hydrogens (tertiary/aromatic N) is 2. The Kier molecular flexibility index (Phi) is 8.26. The van der Waals surface area contributed by atoms with Crippen LogP contribution in [0.4, 0.5) is 9.18 Å². The van der Waals surface area contributed by atoms with E-state index in [1.165, 1.54) is 23.5 Å². The van der Waals surface area contributed by atoms with Gasteiger partial charge in [0.25, 0.3) is 0 Å². The van der Waals surface area contributed by atoms with Gasteiger partial charge in [-0.3, -0.25) is 0 Å². The van der Waals surface area contributed by atoms with Gasteiger partial charge in [0.1, 0.15) is 34.5 Å². The predicted molar refractivity (Wildman–Crippen MR) is 164 cm³/mol. The molecule has 0 spiro atoms. The number of thiocarbonyl (C=S) groups is 1. The number of methoxy groups -OCH3 is 1. The van der Waals surface area contributed by atoms with E-state index < -0.39 is 11.4 Å². The third-order valence-electron chi connectivity index (χ3n) is 6.74. The number of rotatable bonds is 7. The molecule has 1 aliphatic heterocycles. The molecular weight excluding hydrogens is 561 g/mol. The number of hydrogen-bond acceptors (Lipinski definition) is 7. The molecule has 3 heterocycles. The van der Waals surface area contributed by atoms with Crippen LogP contribution in [0.3, 0.4) is 0 Å². The first-order chi connectivity index (χ1) is 19.6. The number of carbonyl (C=O) groups is 1.